The molecule has 0 unspecified atom stereocenters. The first-order valence-electron chi connectivity index (χ1n) is 10.4. The Balaban J connectivity index is 1.48. The van der Waals surface area contributed by atoms with E-state index in [-0.39, 0.29) is 18.5 Å². The first-order chi connectivity index (χ1) is 14.5. The summed E-state index contributed by atoms with van der Waals surface area (Å²) in [6.45, 7) is 6.67. The number of likely N-dealkylation sites (tertiary alicyclic amines) is 1. The summed E-state index contributed by atoms with van der Waals surface area (Å²) < 4.78 is 21.9. The molecule has 0 radical (unpaired) electrons. The summed E-state index contributed by atoms with van der Waals surface area (Å²) in [5, 5.41) is 0. The zero-order valence-electron chi connectivity index (χ0n) is 18.1. The predicted octanol–water partition coefficient (Wildman–Crippen LogP) is 4.14. The van der Waals surface area contributed by atoms with Crippen molar-refractivity contribution in [1.82, 2.24) is 4.90 Å². The maximum atomic E-state index is 13.2. The summed E-state index contributed by atoms with van der Waals surface area (Å²) >= 11 is 0. The highest BCUT2D eigenvalue weighted by Crippen LogP contribution is 2.42. The lowest BCUT2D eigenvalue weighted by atomic mass is 9.88. The summed E-state index contributed by atoms with van der Waals surface area (Å²) in [4.78, 5) is 15.6. The van der Waals surface area contributed by atoms with Gasteiger partial charge in [-0.1, -0.05) is 0 Å². The Bertz CT molecular complexity index is 932. The number of carbonyl (C=O) groups excluding carboxylic acids is 1. The van der Waals surface area contributed by atoms with Crippen LogP contribution in [-0.4, -0.2) is 44.8 Å². The van der Waals surface area contributed by atoms with E-state index in [9.17, 15) is 4.79 Å². The van der Waals surface area contributed by atoms with E-state index in [1.54, 1.807) is 14.2 Å². The van der Waals surface area contributed by atoms with Crippen LogP contribution in [-0.2, 0) is 6.54 Å². The number of hydrogen-bond donors (Lipinski definition) is 0. The van der Waals surface area contributed by atoms with Gasteiger partial charge in [0.2, 0.25) is 12.5 Å². The molecule has 4 rings (SSSR count). The highest BCUT2D eigenvalue weighted by molar-refractivity contribution is 5.98. The molecule has 0 amide bonds. The van der Waals surface area contributed by atoms with Gasteiger partial charge in [-0.3, -0.25) is 9.69 Å². The topological polar surface area (TPSA) is 57.2 Å². The number of piperidine rings is 1. The molecular weight excluding hydrogens is 382 g/mol. The Kier molecular flexibility index (Phi) is 5.86. The number of ether oxygens (including phenoxy) is 4. The van der Waals surface area contributed by atoms with Crippen LogP contribution >= 0.6 is 0 Å². The molecule has 1 saturated heterocycles. The molecule has 6 heteroatoms. The van der Waals surface area contributed by atoms with Gasteiger partial charge in [0.1, 0.15) is 5.75 Å². The van der Waals surface area contributed by atoms with Gasteiger partial charge in [0, 0.05) is 24.6 Å². The Morgan fingerprint density at radius 2 is 1.87 bits per heavy atom. The van der Waals surface area contributed by atoms with Crippen LogP contribution in [0.2, 0.25) is 0 Å². The molecule has 2 aliphatic rings. The zero-order chi connectivity index (χ0) is 21.3. The number of aryl methyl sites for hydroxylation is 2. The van der Waals surface area contributed by atoms with Crippen molar-refractivity contribution in [3.8, 4) is 23.0 Å². The third-order valence-electron chi connectivity index (χ3n) is 5.95. The maximum Gasteiger partial charge on any atom is 0.231 e. The molecule has 2 aromatic rings. The molecule has 1 fully saturated rings. The fraction of sp³-hybridized carbons (Fsp3) is 0.458. The fourth-order valence-corrected chi connectivity index (χ4v) is 4.60. The minimum absolute atomic E-state index is 0.00171. The molecule has 0 N–H and O–H groups in total. The second-order valence-corrected chi connectivity index (χ2v) is 8.11. The zero-order valence-corrected chi connectivity index (χ0v) is 18.1. The fourth-order valence-electron chi connectivity index (χ4n) is 4.60. The monoisotopic (exact) mass is 411 g/mol. The number of carbonyl (C=O) groups is 1. The molecule has 2 aromatic carbocycles. The van der Waals surface area contributed by atoms with Gasteiger partial charge in [-0.2, -0.15) is 0 Å². The minimum atomic E-state index is 0.00171. The summed E-state index contributed by atoms with van der Waals surface area (Å²) in [5.74, 6) is 3.15. The van der Waals surface area contributed by atoms with Crippen LogP contribution in [0.15, 0.2) is 24.3 Å². The van der Waals surface area contributed by atoms with Gasteiger partial charge >= 0.3 is 0 Å². The van der Waals surface area contributed by atoms with Gasteiger partial charge < -0.3 is 18.9 Å². The van der Waals surface area contributed by atoms with Crippen LogP contribution < -0.4 is 18.9 Å². The van der Waals surface area contributed by atoms with Gasteiger partial charge in [0.15, 0.2) is 17.3 Å². The van der Waals surface area contributed by atoms with Crippen LogP contribution in [0.4, 0.5) is 0 Å². The van der Waals surface area contributed by atoms with Crippen molar-refractivity contribution in [3.05, 3.63) is 46.5 Å². The normalized spacial score (nSPS) is 18.3. The first kappa shape index (κ1) is 20.5. The van der Waals surface area contributed by atoms with E-state index >= 15 is 0 Å². The summed E-state index contributed by atoms with van der Waals surface area (Å²) in [7, 11) is 3.30. The van der Waals surface area contributed by atoms with Gasteiger partial charge in [-0.15, -0.1) is 0 Å². The molecule has 160 valence electrons. The lowest BCUT2D eigenvalue weighted by Crippen LogP contribution is -2.38. The number of methoxy groups -OCH3 is 2. The van der Waals surface area contributed by atoms with Gasteiger partial charge in [-0.05, 0) is 74.2 Å². The first-order valence-corrected chi connectivity index (χ1v) is 10.4. The van der Waals surface area contributed by atoms with Crippen molar-refractivity contribution in [2.24, 2.45) is 5.92 Å². The van der Waals surface area contributed by atoms with E-state index in [2.05, 4.69) is 4.90 Å². The molecule has 0 spiro atoms. The molecule has 6 nitrogen and oxygen atoms in total. The molecule has 0 aromatic heterocycles. The van der Waals surface area contributed by atoms with Crippen molar-refractivity contribution >= 4 is 5.78 Å². The lowest BCUT2D eigenvalue weighted by molar-refractivity contribution is 0.0811. The second kappa shape index (κ2) is 8.56. The SMILES string of the molecule is COc1cc(CN2CCC[C@H](C(=O)c3cc(C)c(OC)c(C)c3)C2)cc2c1OCO2. The molecule has 2 aliphatic heterocycles. The van der Waals surface area contributed by atoms with E-state index in [1.165, 1.54) is 0 Å². The smallest absolute Gasteiger partial charge is 0.231 e. The van der Waals surface area contributed by atoms with Crippen LogP contribution in [0.5, 0.6) is 23.0 Å². The van der Waals surface area contributed by atoms with Gasteiger partial charge in [-0.25, -0.2) is 0 Å². The molecule has 0 aliphatic carbocycles. The molecule has 0 bridgehead atoms. The number of ketones is 1. The highest BCUT2D eigenvalue weighted by atomic mass is 16.7. The average Bonchev–Trinajstić information content (AvgIpc) is 3.21. The number of benzene rings is 2. The summed E-state index contributed by atoms with van der Waals surface area (Å²) in [6.07, 6.45) is 1.93. The third-order valence-corrected chi connectivity index (χ3v) is 5.95. The Hall–Kier alpha value is -2.73. The number of rotatable bonds is 6. The molecule has 30 heavy (non-hydrogen) atoms. The Labute approximate surface area is 177 Å². The van der Waals surface area contributed by atoms with E-state index in [4.69, 9.17) is 18.9 Å². The van der Waals surface area contributed by atoms with Crippen molar-refractivity contribution in [2.75, 3.05) is 34.1 Å². The largest absolute Gasteiger partial charge is 0.496 e. The quantitative estimate of drug-likeness (QED) is 0.666. The lowest BCUT2D eigenvalue weighted by Gasteiger charge is -2.32. The third kappa shape index (κ3) is 3.97. The number of Topliss-reactive ketones (excluding diaryl/α,β-unsaturated/α-hetero) is 1. The molecule has 0 saturated carbocycles. The molecule has 1 atom stereocenters. The van der Waals surface area contributed by atoms with Crippen LogP contribution in [0.3, 0.4) is 0 Å². The predicted molar refractivity (Wildman–Crippen MR) is 114 cm³/mol. The standard InChI is InChI=1S/C24H29NO5/c1-15-8-19(9-16(2)23(15)28-4)22(26)18-6-5-7-25(13-18)12-17-10-20(27-3)24-21(11-17)29-14-30-24/h8-11,18H,5-7,12-14H2,1-4H3/t18-/m0/s1. The van der Waals surface area contributed by atoms with Gasteiger partial charge in [0.25, 0.3) is 0 Å². The summed E-state index contributed by atoms with van der Waals surface area (Å²) in [5.41, 5.74) is 3.88. The summed E-state index contributed by atoms with van der Waals surface area (Å²) in [6, 6.07) is 7.91. The second-order valence-electron chi connectivity index (χ2n) is 8.11. The van der Waals surface area contributed by atoms with Gasteiger partial charge in [0.05, 0.1) is 14.2 Å². The van der Waals surface area contributed by atoms with E-state index in [0.717, 1.165) is 66.2 Å². The van der Waals surface area contributed by atoms with E-state index < -0.39 is 0 Å². The average molecular weight is 411 g/mol. The highest BCUT2D eigenvalue weighted by Gasteiger charge is 2.28. The van der Waals surface area contributed by atoms with Crippen molar-refractivity contribution < 1.29 is 23.7 Å². The molecular formula is C24H29NO5. The number of hydrogen-bond acceptors (Lipinski definition) is 6. The Morgan fingerprint density at radius 1 is 1.10 bits per heavy atom. The minimum Gasteiger partial charge on any atom is -0.496 e. The van der Waals surface area contributed by atoms with Crippen LogP contribution in [0.25, 0.3) is 0 Å². The Morgan fingerprint density at radius 3 is 2.57 bits per heavy atom. The van der Waals surface area contributed by atoms with Crippen LogP contribution in [0, 0.1) is 19.8 Å². The van der Waals surface area contributed by atoms with E-state index in [1.807, 2.05) is 38.1 Å². The van der Waals surface area contributed by atoms with Crippen molar-refractivity contribution in [1.29, 1.82) is 0 Å². The molecule has 2 heterocycles. The maximum absolute atomic E-state index is 13.2. The van der Waals surface area contributed by atoms with Crippen LogP contribution in [0.1, 0.15) is 39.9 Å². The van der Waals surface area contributed by atoms with E-state index in [0.29, 0.717) is 11.5 Å². The van der Waals surface area contributed by atoms with Crippen molar-refractivity contribution in [2.45, 2.75) is 33.2 Å². The van der Waals surface area contributed by atoms with Crippen molar-refractivity contribution in [3.63, 3.8) is 0 Å². The number of nitrogens with zero attached hydrogens (tertiary/aromatic N) is 1. The number of fused-ring (bicyclic) bond motifs is 1.